The Morgan fingerprint density at radius 1 is 0.935 bits per heavy atom. The number of aryl methyl sites for hydroxylation is 1. The number of unbranched alkanes of at least 4 members (excludes halogenated alkanes) is 3. The summed E-state index contributed by atoms with van der Waals surface area (Å²) >= 11 is 18.5. The summed E-state index contributed by atoms with van der Waals surface area (Å²) in [6.45, 7) is 2.88. The van der Waals surface area contributed by atoms with Gasteiger partial charge in [-0.05, 0) is 43.0 Å². The number of halogens is 3. The van der Waals surface area contributed by atoms with E-state index in [0.717, 1.165) is 30.5 Å². The van der Waals surface area contributed by atoms with E-state index in [4.69, 9.17) is 39.5 Å². The summed E-state index contributed by atoms with van der Waals surface area (Å²) < 4.78 is 5.72. The average molecular weight is 480 g/mol. The first kappa shape index (κ1) is 23.6. The first-order valence-electron chi connectivity index (χ1n) is 10.4. The van der Waals surface area contributed by atoms with Gasteiger partial charge in [0.2, 0.25) is 5.88 Å². The third kappa shape index (κ3) is 7.23. The molecule has 0 bridgehead atoms. The summed E-state index contributed by atoms with van der Waals surface area (Å²) in [7, 11) is 0. The molecule has 1 aromatic carbocycles. The molecule has 164 valence electrons. The molecular formula is C23H25Cl3N4O. The molecule has 2 heterocycles. The molecule has 1 N–H and O–H groups in total. The van der Waals surface area contributed by atoms with Crippen LogP contribution >= 0.6 is 34.8 Å². The highest BCUT2D eigenvalue weighted by Crippen LogP contribution is 2.30. The van der Waals surface area contributed by atoms with E-state index in [1.54, 1.807) is 30.7 Å². The zero-order valence-corrected chi connectivity index (χ0v) is 19.6. The van der Waals surface area contributed by atoms with Crippen LogP contribution < -0.4 is 10.1 Å². The third-order valence-electron chi connectivity index (χ3n) is 4.74. The quantitative estimate of drug-likeness (QED) is 0.290. The van der Waals surface area contributed by atoms with Crippen LogP contribution in [0, 0.1) is 0 Å². The predicted octanol–water partition coefficient (Wildman–Crippen LogP) is 7.40. The van der Waals surface area contributed by atoms with Crippen molar-refractivity contribution in [2.24, 2.45) is 0 Å². The van der Waals surface area contributed by atoms with Gasteiger partial charge in [0.25, 0.3) is 0 Å². The maximum Gasteiger partial charge on any atom is 0.219 e. The largest absolute Gasteiger partial charge is 0.437 e. The Morgan fingerprint density at radius 2 is 1.81 bits per heavy atom. The van der Waals surface area contributed by atoms with Crippen LogP contribution in [0.25, 0.3) is 0 Å². The topological polar surface area (TPSA) is 59.9 Å². The number of benzene rings is 1. The second-order valence-electron chi connectivity index (χ2n) is 7.15. The van der Waals surface area contributed by atoms with Crippen LogP contribution in [-0.2, 0) is 12.8 Å². The molecule has 0 aliphatic rings. The number of pyridine rings is 1. The zero-order chi connectivity index (χ0) is 22.1. The molecule has 0 spiro atoms. The van der Waals surface area contributed by atoms with E-state index in [1.165, 1.54) is 19.3 Å². The van der Waals surface area contributed by atoms with E-state index in [2.05, 4.69) is 27.2 Å². The number of anilines is 1. The van der Waals surface area contributed by atoms with E-state index in [0.29, 0.717) is 39.1 Å². The van der Waals surface area contributed by atoms with Crippen LogP contribution in [0.1, 0.15) is 43.9 Å². The molecule has 0 fully saturated rings. The summed E-state index contributed by atoms with van der Waals surface area (Å²) in [4.78, 5) is 13.0. The van der Waals surface area contributed by atoms with Crippen molar-refractivity contribution in [1.82, 2.24) is 15.0 Å². The molecule has 3 rings (SSSR count). The fraction of sp³-hybridized carbons (Fsp3) is 0.348. The number of ether oxygens (including phenoxy) is 1. The Labute approximate surface area is 198 Å². The van der Waals surface area contributed by atoms with E-state index < -0.39 is 0 Å². The molecule has 5 nitrogen and oxygen atoms in total. The van der Waals surface area contributed by atoms with Crippen molar-refractivity contribution in [3.8, 4) is 11.6 Å². The zero-order valence-electron chi connectivity index (χ0n) is 17.4. The Kier molecular flexibility index (Phi) is 9.19. The van der Waals surface area contributed by atoms with Crippen LogP contribution in [0.4, 0.5) is 5.82 Å². The lowest BCUT2D eigenvalue weighted by atomic mass is 10.1. The van der Waals surface area contributed by atoms with Gasteiger partial charge in [-0.25, -0.2) is 15.0 Å². The molecule has 0 saturated heterocycles. The molecule has 31 heavy (non-hydrogen) atoms. The normalized spacial score (nSPS) is 10.8. The standard InChI is InChI=1S/C23H25Cl3N4O/c1-2-3-4-5-6-19-22(26)23(30-15-29-19)27-12-11-16-7-10-21(28-14-16)31-20-9-8-17(24)13-18(20)25/h7-10,13-15H,2-6,11-12H2,1H3,(H,27,29,30). The van der Waals surface area contributed by atoms with Gasteiger partial charge >= 0.3 is 0 Å². The highest BCUT2D eigenvalue weighted by Gasteiger charge is 2.09. The van der Waals surface area contributed by atoms with Crippen molar-refractivity contribution in [2.75, 3.05) is 11.9 Å². The highest BCUT2D eigenvalue weighted by molar-refractivity contribution is 6.35. The van der Waals surface area contributed by atoms with E-state index >= 15 is 0 Å². The van der Waals surface area contributed by atoms with Crippen molar-refractivity contribution >= 4 is 40.6 Å². The molecule has 0 amide bonds. The van der Waals surface area contributed by atoms with Crippen molar-refractivity contribution in [3.05, 3.63) is 69.2 Å². The van der Waals surface area contributed by atoms with Crippen molar-refractivity contribution in [3.63, 3.8) is 0 Å². The highest BCUT2D eigenvalue weighted by atomic mass is 35.5. The molecule has 0 aliphatic carbocycles. The van der Waals surface area contributed by atoms with E-state index in [9.17, 15) is 0 Å². The molecule has 2 aromatic heterocycles. The number of aromatic nitrogens is 3. The molecule has 3 aromatic rings. The van der Waals surface area contributed by atoms with Crippen molar-refractivity contribution in [1.29, 1.82) is 0 Å². The Bertz CT molecular complexity index is 983. The molecule has 0 atom stereocenters. The first-order chi connectivity index (χ1) is 15.1. The average Bonchev–Trinajstić information content (AvgIpc) is 2.76. The first-order valence-corrected chi connectivity index (χ1v) is 11.5. The van der Waals surface area contributed by atoms with Crippen LogP contribution in [0.3, 0.4) is 0 Å². The molecular weight excluding hydrogens is 455 g/mol. The molecule has 0 unspecified atom stereocenters. The van der Waals surface area contributed by atoms with Gasteiger partial charge in [0, 0.05) is 23.8 Å². The summed E-state index contributed by atoms with van der Waals surface area (Å²) in [5.41, 5.74) is 1.96. The minimum atomic E-state index is 0.439. The minimum absolute atomic E-state index is 0.439. The van der Waals surface area contributed by atoms with Crippen LogP contribution in [-0.4, -0.2) is 21.5 Å². The Balaban J connectivity index is 1.50. The van der Waals surface area contributed by atoms with Gasteiger partial charge in [-0.2, -0.15) is 0 Å². The van der Waals surface area contributed by atoms with Crippen molar-refractivity contribution in [2.45, 2.75) is 45.4 Å². The van der Waals surface area contributed by atoms with Gasteiger partial charge in [-0.15, -0.1) is 0 Å². The fourth-order valence-corrected chi connectivity index (χ4v) is 3.74. The summed E-state index contributed by atoms with van der Waals surface area (Å²) in [6, 6.07) is 8.85. The van der Waals surface area contributed by atoms with Gasteiger partial charge < -0.3 is 10.1 Å². The third-order valence-corrected chi connectivity index (χ3v) is 5.67. The Morgan fingerprint density at radius 3 is 2.55 bits per heavy atom. The lowest BCUT2D eigenvalue weighted by Gasteiger charge is -2.10. The van der Waals surface area contributed by atoms with Crippen LogP contribution in [0.5, 0.6) is 11.6 Å². The molecule has 8 heteroatoms. The lowest BCUT2D eigenvalue weighted by Crippen LogP contribution is -2.08. The molecule has 0 saturated carbocycles. The number of hydrogen-bond donors (Lipinski definition) is 1. The van der Waals surface area contributed by atoms with Gasteiger partial charge in [0.05, 0.1) is 10.7 Å². The number of nitrogens with zero attached hydrogens (tertiary/aromatic N) is 3. The second-order valence-corrected chi connectivity index (χ2v) is 8.37. The molecule has 0 radical (unpaired) electrons. The van der Waals surface area contributed by atoms with Gasteiger partial charge in [0.15, 0.2) is 0 Å². The molecule has 0 aliphatic heterocycles. The fourth-order valence-electron chi connectivity index (χ4n) is 3.04. The number of nitrogens with one attached hydrogen (secondary N) is 1. The van der Waals surface area contributed by atoms with E-state index in [1.807, 2.05) is 12.1 Å². The minimum Gasteiger partial charge on any atom is -0.437 e. The monoisotopic (exact) mass is 478 g/mol. The van der Waals surface area contributed by atoms with Crippen LogP contribution in [0.2, 0.25) is 15.1 Å². The van der Waals surface area contributed by atoms with Gasteiger partial charge in [-0.1, -0.05) is 67.1 Å². The number of rotatable bonds is 11. The summed E-state index contributed by atoms with van der Waals surface area (Å²) in [5, 5.41) is 4.91. The maximum atomic E-state index is 6.49. The summed E-state index contributed by atoms with van der Waals surface area (Å²) in [6.07, 6.45) is 9.71. The SMILES string of the molecule is CCCCCCc1ncnc(NCCc2ccc(Oc3ccc(Cl)cc3Cl)nc2)c1Cl. The lowest BCUT2D eigenvalue weighted by molar-refractivity contribution is 0.463. The van der Waals surface area contributed by atoms with Gasteiger partial charge in [-0.3, -0.25) is 0 Å². The van der Waals surface area contributed by atoms with Crippen LogP contribution in [0.15, 0.2) is 42.9 Å². The summed E-state index contributed by atoms with van der Waals surface area (Å²) in [5.74, 6) is 1.65. The maximum absolute atomic E-state index is 6.49. The Hall–Kier alpha value is -2.08. The van der Waals surface area contributed by atoms with Crippen molar-refractivity contribution < 1.29 is 4.74 Å². The van der Waals surface area contributed by atoms with E-state index in [-0.39, 0.29) is 0 Å². The second kappa shape index (κ2) is 12.1. The number of hydrogen-bond acceptors (Lipinski definition) is 5. The predicted molar refractivity (Wildman–Crippen MR) is 128 cm³/mol. The smallest absolute Gasteiger partial charge is 0.219 e. The van der Waals surface area contributed by atoms with Gasteiger partial charge in [0.1, 0.15) is 22.9 Å².